The van der Waals surface area contributed by atoms with E-state index in [1.165, 1.54) is 29.8 Å². The Hall–Kier alpha value is -2.36. The number of ether oxygens (including phenoxy) is 1. The first-order valence-electron chi connectivity index (χ1n) is 7.69. The summed E-state index contributed by atoms with van der Waals surface area (Å²) in [4.78, 5) is 14.7. The second kappa shape index (κ2) is 7.71. The summed E-state index contributed by atoms with van der Waals surface area (Å²) in [5.74, 6) is 0.105. The third kappa shape index (κ3) is 4.49. The van der Waals surface area contributed by atoms with Crippen LogP contribution in [0.2, 0.25) is 0 Å². The normalized spacial score (nSPS) is 16.1. The van der Waals surface area contributed by atoms with Gasteiger partial charge in [0, 0.05) is 0 Å². The van der Waals surface area contributed by atoms with Crippen LogP contribution >= 0.6 is 24.0 Å². The van der Waals surface area contributed by atoms with E-state index in [-0.39, 0.29) is 17.4 Å². The fraction of sp³-hybridized carbons (Fsp3) is 0.111. The lowest BCUT2D eigenvalue weighted by Gasteiger charge is -2.13. The second-order valence-corrected chi connectivity index (χ2v) is 8.80. The average molecular weight is 422 g/mol. The molecule has 1 saturated heterocycles. The quantitative estimate of drug-likeness (QED) is 0.416. The predicted octanol–water partition coefficient (Wildman–Crippen LogP) is 3.44. The number of amides is 1. The molecule has 0 atom stereocenters. The van der Waals surface area contributed by atoms with Crippen molar-refractivity contribution < 1.29 is 22.1 Å². The van der Waals surface area contributed by atoms with Crippen LogP contribution < -0.4 is 13.8 Å². The van der Waals surface area contributed by atoms with Crippen LogP contribution in [0, 0.1) is 0 Å². The van der Waals surface area contributed by atoms with Crippen molar-refractivity contribution in [1.29, 1.82) is 0 Å². The molecular formula is C18H15NO5S3. The first-order chi connectivity index (χ1) is 12.8. The minimum absolute atomic E-state index is 0.0778. The Morgan fingerprint density at radius 1 is 1.11 bits per heavy atom. The molecule has 1 heterocycles. The van der Waals surface area contributed by atoms with Gasteiger partial charge >= 0.3 is 10.1 Å². The molecule has 2 aromatic rings. The van der Waals surface area contributed by atoms with Gasteiger partial charge in [-0.15, -0.1) is 0 Å². The van der Waals surface area contributed by atoms with E-state index >= 15 is 0 Å². The molecule has 2 aromatic carbocycles. The molecule has 3 rings (SSSR count). The number of hydrogen-bond donors (Lipinski definition) is 0. The average Bonchev–Trinajstić information content (AvgIpc) is 2.89. The van der Waals surface area contributed by atoms with Crippen LogP contribution in [0.3, 0.4) is 0 Å². The maximum Gasteiger partial charge on any atom is 0.306 e. The minimum Gasteiger partial charge on any atom is -0.493 e. The van der Waals surface area contributed by atoms with Crippen molar-refractivity contribution in [2.75, 3.05) is 18.3 Å². The van der Waals surface area contributed by atoms with Gasteiger partial charge in [-0.3, -0.25) is 9.69 Å². The third-order valence-electron chi connectivity index (χ3n) is 3.53. The van der Waals surface area contributed by atoms with Crippen molar-refractivity contribution >= 4 is 56.1 Å². The summed E-state index contributed by atoms with van der Waals surface area (Å²) >= 11 is 6.54. The molecule has 0 bridgehead atoms. The number of nitrogens with zero attached hydrogens (tertiary/aromatic N) is 1. The van der Waals surface area contributed by atoms with E-state index in [2.05, 4.69) is 0 Å². The lowest BCUT2D eigenvalue weighted by Crippen LogP contribution is -2.27. The molecule has 0 saturated carbocycles. The van der Waals surface area contributed by atoms with Crippen molar-refractivity contribution in [3.63, 3.8) is 0 Å². The molecule has 9 heteroatoms. The van der Waals surface area contributed by atoms with Gasteiger partial charge in [0.05, 0.1) is 24.0 Å². The highest BCUT2D eigenvalue weighted by Crippen LogP contribution is 2.37. The fourth-order valence-corrected chi connectivity index (χ4v) is 4.19. The van der Waals surface area contributed by atoms with Crippen molar-refractivity contribution in [2.24, 2.45) is 0 Å². The van der Waals surface area contributed by atoms with E-state index in [4.69, 9.17) is 21.1 Å². The summed E-state index contributed by atoms with van der Waals surface area (Å²) in [7, 11) is -2.27. The van der Waals surface area contributed by atoms with Crippen LogP contribution in [0.5, 0.6) is 11.5 Å². The zero-order chi connectivity index (χ0) is 19.6. The molecule has 0 aromatic heterocycles. The van der Waals surface area contributed by atoms with Crippen molar-refractivity contribution in [1.82, 2.24) is 0 Å². The Balaban J connectivity index is 1.91. The van der Waals surface area contributed by atoms with Crippen LogP contribution in [0.25, 0.3) is 6.08 Å². The van der Waals surface area contributed by atoms with Gasteiger partial charge in [-0.05, 0) is 35.9 Å². The topological polar surface area (TPSA) is 72.9 Å². The number of carbonyl (C=O) groups is 1. The third-order valence-corrected chi connectivity index (χ3v) is 5.32. The van der Waals surface area contributed by atoms with Crippen molar-refractivity contribution in [3.8, 4) is 11.5 Å². The molecule has 1 aliphatic rings. The monoisotopic (exact) mass is 421 g/mol. The molecular weight excluding hydrogens is 406 g/mol. The standard InChI is InChI=1S/C18H15NO5S3/c1-23-15-10-12(8-9-14(15)24-27(2,21)22)11-16-17(20)19(18(25)26-16)13-6-4-3-5-7-13/h3-11H,1-2H3/b16-11+. The number of benzene rings is 2. The Morgan fingerprint density at radius 3 is 2.44 bits per heavy atom. The van der Waals surface area contributed by atoms with Crippen LogP contribution in [-0.2, 0) is 14.9 Å². The summed E-state index contributed by atoms with van der Waals surface area (Å²) in [6.45, 7) is 0. The van der Waals surface area contributed by atoms with E-state index in [0.717, 1.165) is 6.26 Å². The maximum atomic E-state index is 12.7. The number of carbonyl (C=O) groups excluding carboxylic acids is 1. The van der Waals surface area contributed by atoms with E-state index in [1.807, 2.05) is 30.3 Å². The van der Waals surface area contributed by atoms with Crippen LogP contribution in [-0.4, -0.2) is 32.0 Å². The van der Waals surface area contributed by atoms with Gasteiger partial charge in [-0.2, -0.15) is 8.42 Å². The SMILES string of the molecule is COc1cc(/C=C2/SC(=S)N(c3ccccc3)C2=O)ccc1OS(C)(=O)=O. The van der Waals surface area contributed by atoms with Crippen LogP contribution in [0.4, 0.5) is 5.69 Å². The molecule has 27 heavy (non-hydrogen) atoms. The summed E-state index contributed by atoms with van der Waals surface area (Å²) in [6, 6.07) is 13.9. The number of methoxy groups -OCH3 is 1. The Morgan fingerprint density at radius 2 is 1.81 bits per heavy atom. The van der Waals surface area contributed by atoms with E-state index in [9.17, 15) is 13.2 Å². The summed E-state index contributed by atoms with van der Waals surface area (Å²) in [5, 5.41) is 0. The number of para-hydroxylation sites is 1. The predicted molar refractivity (Wildman–Crippen MR) is 111 cm³/mol. The van der Waals surface area contributed by atoms with Crippen LogP contribution in [0.1, 0.15) is 5.56 Å². The molecule has 0 radical (unpaired) electrons. The van der Waals surface area contributed by atoms with Gasteiger partial charge in [0.2, 0.25) is 0 Å². The van der Waals surface area contributed by atoms with Gasteiger partial charge in [0.25, 0.3) is 5.91 Å². The highest BCUT2D eigenvalue weighted by Gasteiger charge is 2.33. The van der Waals surface area contributed by atoms with Gasteiger partial charge < -0.3 is 8.92 Å². The highest BCUT2D eigenvalue weighted by molar-refractivity contribution is 8.27. The molecule has 0 N–H and O–H groups in total. The van der Waals surface area contributed by atoms with E-state index in [1.54, 1.807) is 18.2 Å². The first-order valence-corrected chi connectivity index (χ1v) is 10.7. The minimum atomic E-state index is -3.68. The molecule has 6 nitrogen and oxygen atoms in total. The molecule has 0 spiro atoms. The second-order valence-electron chi connectivity index (χ2n) is 5.55. The molecule has 0 aliphatic carbocycles. The van der Waals surface area contributed by atoms with Gasteiger partial charge in [0.15, 0.2) is 15.8 Å². The van der Waals surface area contributed by atoms with Gasteiger partial charge in [-0.1, -0.05) is 48.2 Å². The molecule has 1 fully saturated rings. The van der Waals surface area contributed by atoms with Crippen molar-refractivity contribution in [3.05, 3.63) is 59.0 Å². The molecule has 1 aliphatic heterocycles. The summed E-state index contributed by atoms with van der Waals surface area (Å²) < 4.78 is 33.2. The van der Waals surface area contributed by atoms with E-state index in [0.29, 0.717) is 20.5 Å². The lowest BCUT2D eigenvalue weighted by atomic mass is 10.2. The number of hydrogen-bond acceptors (Lipinski definition) is 7. The molecule has 1 amide bonds. The molecule has 0 unspecified atom stereocenters. The summed E-state index contributed by atoms with van der Waals surface area (Å²) in [5.41, 5.74) is 1.36. The van der Waals surface area contributed by atoms with E-state index < -0.39 is 10.1 Å². The summed E-state index contributed by atoms with van der Waals surface area (Å²) in [6.07, 6.45) is 2.63. The first kappa shape index (κ1) is 19.4. The lowest BCUT2D eigenvalue weighted by molar-refractivity contribution is -0.113. The number of thiocarbonyl (C=S) groups is 1. The Kier molecular flexibility index (Phi) is 5.54. The maximum absolute atomic E-state index is 12.7. The largest absolute Gasteiger partial charge is 0.493 e. The van der Waals surface area contributed by atoms with Crippen LogP contribution in [0.15, 0.2) is 53.4 Å². The number of anilines is 1. The Labute approximate surface area is 166 Å². The fourth-order valence-electron chi connectivity index (χ4n) is 2.42. The smallest absolute Gasteiger partial charge is 0.306 e. The zero-order valence-electron chi connectivity index (χ0n) is 14.4. The number of rotatable bonds is 5. The zero-order valence-corrected chi connectivity index (χ0v) is 16.9. The van der Waals surface area contributed by atoms with Gasteiger partial charge in [0.1, 0.15) is 0 Å². The number of thioether (sulfide) groups is 1. The van der Waals surface area contributed by atoms with Crippen molar-refractivity contribution in [2.45, 2.75) is 0 Å². The van der Waals surface area contributed by atoms with Gasteiger partial charge in [-0.25, -0.2) is 0 Å². The molecule has 140 valence electrons. The highest BCUT2D eigenvalue weighted by atomic mass is 32.2. The Bertz CT molecular complexity index is 1030.